The predicted molar refractivity (Wildman–Crippen MR) is 51.0 cm³/mol. The summed E-state index contributed by atoms with van der Waals surface area (Å²) in [5.74, 6) is -0.137. The van der Waals surface area contributed by atoms with Gasteiger partial charge in [0, 0.05) is 19.1 Å². The van der Waals surface area contributed by atoms with Crippen LogP contribution in [0.25, 0.3) is 0 Å². The normalized spacial score (nSPS) is 21.4. The van der Waals surface area contributed by atoms with E-state index >= 15 is 0 Å². The van der Waals surface area contributed by atoms with Crippen LogP contribution in [0.5, 0.6) is 0 Å². The molecule has 0 bridgehead atoms. The van der Waals surface area contributed by atoms with Gasteiger partial charge in [-0.3, -0.25) is 4.79 Å². The molecule has 1 aliphatic heterocycles. The molecule has 2 amide bonds. The van der Waals surface area contributed by atoms with Gasteiger partial charge in [0.2, 0.25) is 5.91 Å². The van der Waals surface area contributed by atoms with Gasteiger partial charge in [0.05, 0.1) is 0 Å². The molecular formula is C9H14N2O3. The van der Waals surface area contributed by atoms with Crippen molar-refractivity contribution in [1.82, 2.24) is 10.2 Å². The molecule has 0 aromatic carbocycles. The molecule has 0 aliphatic carbocycles. The smallest absolute Gasteiger partial charge is 0.404 e. The zero-order chi connectivity index (χ0) is 10.6. The van der Waals surface area contributed by atoms with E-state index < -0.39 is 6.09 Å². The summed E-state index contributed by atoms with van der Waals surface area (Å²) in [6, 6.07) is -0.148. The Bertz CT molecular complexity index is 252. The Hall–Kier alpha value is -1.52. The molecule has 0 radical (unpaired) electrons. The zero-order valence-corrected chi connectivity index (χ0v) is 7.90. The Balaban J connectivity index is 2.47. The van der Waals surface area contributed by atoms with Crippen LogP contribution in [0.4, 0.5) is 4.79 Å². The molecule has 0 saturated carbocycles. The van der Waals surface area contributed by atoms with E-state index in [0.29, 0.717) is 13.1 Å². The lowest BCUT2D eigenvalue weighted by atomic mass is 10.1. The van der Waals surface area contributed by atoms with Gasteiger partial charge in [0.15, 0.2) is 0 Å². The van der Waals surface area contributed by atoms with Crippen LogP contribution in [0.1, 0.15) is 12.8 Å². The zero-order valence-electron chi connectivity index (χ0n) is 7.90. The second-order valence-electron chi connectivity index (χ2n) is 3.28. The summed E-state index contributed by atoms with van der Waals surface area (Å²) < 4.78 is 0. The number of piperidine rings is 1. The van der Waals surface area contributed by atoms with Crippen molar-refractivity contribution < 1.29 is 14.7 Å². The van der Waals surface area contributed by atoms with Crippen molar-refractivity contribution in [1.29, 1.82) is 0 Å². The Morgan fingerprint density at radius 3 is 2.86 bits per heavy atom. The fraction of sp³-hybridized carbons (Fsp3) is 0.556. The number of carboxylic acid groups (broad SMARTS) is 1. The first-order chi connectivity index (χ1) is 6.63. The Labute approximate surface area is 82.4 Å². The first-order valence-corrected chi connectivity index (χ1v) is 4.54. The highest BCUT2D eigenvalue weighted by Gasteiger charge is 2.22. The van der Waals surface area contributed by atoms with Gasteiger partial charge in [-0.05, 0) is 18.9 Å². The minimum absolute atomic E-state index is 0.137. The van der Waals surface area contributed by atoms with E-state index in [1.165, 1.54) is 6.08 Å². The van der Waals surface area contributed by atoms with E-state index in [1.54, 1.807) is 4.90 Å². The third-order valence-electron chi connectivity index (χ3n) is 2.24. The van der Waals surface area contributed by atoms with E-state index in [1.807, 2.05) is 0 Å². The lowest BCUT2D eigenvalue weighted by molar-refractivity contribution is -0.127. The van der Waals surface area contributed by atoms with Crippen molar-refractivity contribution in [2.24, 2.45) is 0 Å². The highest BCUT2D eigenvalue weighted by atomic mass is 16.4. The van der Waals surface area contributed by atoms with Crippen LogP contribution in [0.2, 0.25) is 0 Å². The molecule has 0 spiro atoms. The van der Waals surface area contributed by atoms with Crippen LogP contribution < -0.4 is 5.32 Å². The summed E-state index contributed by atoms with van der Waals surface area (Å²) in [6.07, 6.45) is 1.82. The van der Waals surface area contributed by atoms with Crippen molar-refractivity contribution in [3.8, 4) is 0 Å². The summed E-state index contributed by atoms with van der Waals surface area (Å²) in [5, 5.41) is 10.9. The maximum atomic E-state index is 11.2. The Kier molecular flexibility index (Phi) is 3.50. The van der Waals surface area contributed by atoms with Crippen LogP contribution in [-0.2, 0) is 4.79 Å². The van der Waals surface area contributed by atoms with Crippen LogP contribution in [0.15, 0.2) is 12.7 Å². The fourth-order valence-electron chi connectivity index (χ4n) is 1.60. The average Bonchev–Trinajstić information content (AvgIpc) is 2.16. The molecule has 1 aliphatic rings. The molecule has 1 atom stereocenters. The van der Waals surface area contributed by atoms with Gasteiger partial charge in [0.25, 0.3) is 0 Å². The molecule has 1 heterocycles. The predicted octanol–water partition coefficient (Wildman–Crippen LogP) is 0.431. The Morgan fingerprint density at radius 2 is 2.29 bits per heavy atom. The van der Waals surface area contributed by atoms with Gasteiger partial charge >= 0.3 is 6.09 Å². The summed E-state index contributed by atoms with van der Waals surface area (Å²) >= 11 is 0. The number of amides is 2. The molecule has 5 nitrogen and oxygen atoms in total. The number of nitrogens with zero attached hydrogens (tertiary/aromatic N) is 1. The van der Waals surface area contributed by atoms with Crippen molar-refractivity contribution in [2.45, 2.75) is 18.9 Å². The standard InChI is InChI=1S/C9H14N2O3/c1-2-8(12)11-5-3-4-7(6-11)10-9(13)14/h2,7,10H,1,3-6H2,(H,13,14). The average molecular weight is 198 g/mol. The highest BCUT2D eigenvalue weighted by Crippen LogP contribution is 2.10. The van der Waals surface area contributed by atoms with Crippen LogP contribution in [0, 0.1) is 0 Å². The van der Waals surface area contributed by atoms with E-state index in [4.69, 9.17) is 5.11 Å². The molecule has 0 aromatic heterocycles. The fourth-order valence-corrected chi connectivity index (χ4v) is 1.60. The molecule has 78 valence electrons. The monoisotopic (exact) mass is 198 g/mol. The van der Waals surface area contributed by atoms with Gasteiger partial charge < -0.3 is 15.3 Å². The first-order valence-electron chi connectivity index (χ1n) is 4.54. The quantitative estimate of drug-likeness (QED) is 0.632. The molecule has 14 heavy (non-hydrogen) atoms. The van der Waals surface area contributed by atoms with Crippen LogP contribution in [0.3, 0.4) is 0 Å². The van der Waals surface area contributed by atoms with Gasteiger partial charge in [-0.1, -0.05) is 6.58 Å². The number of nitrogens with one attached hydrogen (secondary N) is 1. The third kappa shape index (κ3) is 2.76. The lowest BCUT2D eigenvalue weighted by Crippen LogP contribution is -2.48. The summed E-state index contributed by atoms with van der Waals surface area (Å²) in [4.78, 5) is 23.2. The van der Waals surface area contributed by atoms with Crippen molar-refractivity contribution in [3.05, 3.63) is 12.7 Å². The molecule has 0 aromatic rings. The second kappa shape index (κ2) is 4.64. The SMILES string of the molecule is C=CC(=O)N1CCCC(NC(=O)O)C1. The number of carbonyl (C=O) groups excluding carboxylic acids is 1. The van der Waals surface area contributed by atoms with Crippen LogP contribution in [-0.4, -0.2) is 41.1 Å². The number of carbonyl (C=O) groups is 2. The second-order valence-corrected chi connectivity index (χ2v) is 3.28. The van der Waals surface area contributed by atoms with Crippen molar-refractivity contribution in [3.63, 3.8) is 0 Å². The van der Waals surface area contributed by atoms with E-state index in [9.17, 15) is 9.59 Å². The van der Waals surface area contributed by atoms with Crippen molar-refractivity contribution in [2.75, 3.05) is 13.1 Å². The minimum Gasteiger partial charge on any atom is -0.465 e. The maximum absolute atomic E-state index is 11.2. The lowest BCUT2D eigenvalue weighted by Gasteiger charge is -2.31. The van der Waals surface area contributed by atoms with E-state index in [2.05, 4.69) is 11.9 Å². The Morgan fingerprint density at radius 1 is 1.57 bits per heavy atom. The molecule has 2 N–H and O–H groups in total. The van der Waals surface area contributed by atoms with E-state index in [-0.39, 0.29) is 11.9 Å². The highest BCUT2D eigenvalue weighted by molar-refractivity contribution is 5.87. The molecule has 1 unspecified atom stereocenters. The largest absolute Gasteiger partial charge is 0.465 e. The number of rotatable bonds is 2. The summed E-state index contributed by atoms with van der Waals surface area (Å²) in [5.41, 5.74) is 0. The van der Waals surface area contributed by atoms with Crippen LogP contribution >= 0.6 is 0 Å². The topological polar surface area (TPSA) is 69.6 Å². The number of hydrogen-bond acceptors (Lipinski definition) is 2. The number of likely N-dealkylation sites (tertiary alicyclic amines) is 1. The van der Waals surface area contributed by atoms with Gasteiger partial charge in [-0.15, -0.1) is 0 Å². The maximum Gasteiger partial charge on any atom is 0.404 e. The first kappa shape index (κ1) is 10.6. The third-order valence-corrected chi connectivity index (χ3v) is 2.24. The summed E-state index contributed by atoms with van der Waals surface area (Å²) in [6.45, 7) is 4.52. The molecule has 1 fully saturated rings. The van der Waals surface area contributed by atoms with Gasteiger partial charge in [-0.25, -0.2) is 4.79 Å². The molecular weight excluding hydrogens is 184 g/mol. The van der Waals surface area contributed by atoms with Crippen molar-refractivity contribution >= 4 is 12.0 Å². The molecule has 1 saturated heterocycles. The van der Waals surface area contributed by atoms with Gasteiger partial charge in [-0.2, -0.15) is 0 Å². The van der Waals surface area contributed by atoms with Gasteiger partial charge in [0.1, 0.15) is 0 Å². The number of hydrogen-bond donors (Lipinski definition) is 2. The molecule has 5 heteroatoms. The minimum atomic E-state index is -1.04. The summed E-state index contributed by atoms with van der Waals surface area (Å²) in [7, 11) is 0. The molecule has 1 rings (SSSR count). The van der Waals surface area contributed by atoms with E-state index in [0.717, 1.165) is 12.8 Å².